The molecule has 1 aliphatic carbocycles. The molecule has 1 saturated carbocycles. The Morgan fingerprint density at radius 1 is 1.33 bits per heavy atom. The summed E-state index contributed by atoms with van der Waals surface area (Å²) in [5.74, 6) is 0.925. The van der Waals surface area contributed by atoms with Gasteiger partial charge in [-0.05, 0) is 22.8 Å². The van der Waals surface area contributed by atoms with Crippen LogP contribution in [-0.2, 0) is 6.54 Å². The van der Waals surface area contributed by atoms with Crippen LogP contribution >= 0.6 is 0 Å². The first-order chi connectivity index (χ1) is 5.95. The molecule has 1 fully saturated rings. The second-order valence-corrected chi connectivity index (χ2v) is 3.51. The normalized spacial score (nSPS) is 18.7. The summed E-state index contributed by atoms with van der Waals surface area (Å²) in [4.78, 5) is 0. The summed E-state index contributed by atoms with van der Waals surface area (Å²) >= 11 is 0. The molecule has 12 heavy (non-hydrogen) atoms. The predicted octanol–water partition coefficient (Wildman–Crippen LogP) is 1.25. The number of hydrogen-bond acceptors (Lipinski definition) is 3. The number of rotatable bonds is 3. The molecule has 2 rings (SSSR count). The van der Waals surface area contributed by atoms with E-state index in [2.05, 4.69) is 15.5 Å². The summed E-state index contributed by atoms with van der Waals surface area (Å²) in [5.41, 5.74) is 0. The highest BCUT2D eigenvalue weighted by atomic mass is 15.5. The molecule has 0 N–H and O–H groups in total. The minimum atomic E-state index is 0.925. The van der Waals surface area contributed by atoms with Gasteiger partial charge in [-0.1, -0.05) is 25.7 Å². The largest absolute Gasteiger partial charge is 0.233 e. The maximum absolute atomic E-state index is 3.83. The van der Waals surface area contributed by atoms with E-state index >= 15 is 0 Å². The fraction of sp³-hybridized carbons (Fsp3) is 0.875. The SMILES string of the molecule is c1nnnn1CCC1CCCC1. The maximum Gasteiger partial charge on any atom is 0.138 e. The van der Waals surface area contributed by atoms with E-state index in [4.69, 9.17) is 0 Å². The van der Waals surface area contributed by atoms with Gasteiger partial charge in [-0.2, -0.15) is 0 Å². The third kappa shape index (κ3) is 1.81. The van der Waals surface area contributed by atoms with Gasteiger partial charge < -0.3 is 0 Å². The van der Waals surface area contributed by atoms with Crippen molar-refractivity contribution in [3.63, 3.8) is 0 Å². The van der Waals surface area contributed by atoms with Gasteiger partial charge in [-0.25, -0.2) is 4.68 Å². The highest BCUT2D eigenvalue weighted by Gasteiger charge is 2.14. The summed E-state index contributed by atoms with van der Waals surface area (Å²) in [6, 6.07) is 0. The van der Waals surface area contributed by atoms with Crippen molar-refractivity contribution in [2.24, 2.45) is 5.92 Å². The monoisotopic (exact) mass is 166 g/mol. The molecule has 1 aromatic heterocycles. The van der Waals surface area contributed by atoms with Crippen LogP contribution in [0.3, 0.4) is 0 Å². The van der Waals surface area contributed by atoms with Crippen molar-refractivity contribution in [2.75, 3.05) is 0 Å². The van der Waals surface area contributed by atoms with Crippen LogP contribution in [0.1, 0.15) is 32.1 Å². The molecule has 0 aromatic carbocycles. The first kappa shape index (κ1) is 7.71. The first-order valence-corrected chi connectivity index (χ1v) is 4.66. The molecule has 0 atom stereocenters. The zero-order valence-corrected chi connectivity index (χ0v) is 7.19. The average Bonchev–Trinajstić information content (AvgIpc) is 2.74. The second-order valence-electron chi connectivity index (χ2n) is 3.51. The molecule has 4 heteroatoms. The molecule has 0 saturated heterocycles. The summed E-state index contributed by atoms with van der Waals surface area (Å²) < 4.78 is 1.82. The lowest BCUT2D eigenvalue weighted by Crippen LogP contribution is -2.04. The van der Waals surface area contributed by atoms with E-state index in [1.165, 1.54) is 32.1 Å². The van der Waals surface area contributed by atoms with Crippen LogP contribution in [-0.4, -0.2) is 20.2 Å². The smallest absolute Gasteiger partial charge is 0.138 e. The zero-order chi connectivity index (χ0) is 8.23. The fourth-order valence-electron chi connectivity index (χ4n) is 1.90. The Labute approximate surface area is 72.0 Å². The van der Waals surface area contributed by atoms with Crippen molar-refractivity contribution in [2.45, 2.75) is 38.6 Å². The molecule has 1 aromatic rings. The van der Waals surface area contributed by atoms with Crippen LogP contribution in [0.2, 0.25) is 0 Å². The molecule has 4 nitrogen and oxygen atoms in total. The van der Waals surface area contributed by atoms with E-state index < -0.39 is 0 Å². The van der Waals surface area contributed by atoms with Gasteiger partial charge in [0.2, 0.25) is 0 Å². The Morgan fingerprint density at radius 3 is 2.83 bits per heavy atom. The molecular formula is C8H14N4. The molecule has 1 heterocycles. The summed E-state index contributed by atoms with van der Waals surface area (Å²) in [5, 5.41) is 11.0. The lowest BCUT2D eigenvalue weighted by molar-refractivity contribution is 0.434. The van der Waals surface area contributed by atoms with Gasteiger partial charge in [-0.3, -0.25) is 0 Å². The van der Waals surface area contributed by atoms with Crippen LogP contribution in [0.15, 0.2) is 6.33 Å². The minimum Gasteiger partial charge on any atom is -0.233 e. The van der Waals surface area contributed by atoms with Crippen LogP contribution in [0.4, 0.5) is 0 Å². The Kier molecular flexibility index (Phi) is 2.34. The van der Waals surface area contributed by atoms with Crippen LogP contribution < -0.4 is 0 Å². The number of aryl methyl sites for hydroxylation is 1. The zero-order valence-electron chi connectivity index (χ0n) is 7.19. The Bertz CT molecular complexity index is 213. The molecule has 0 aliphatic heterocycles. The van der Waals surface area contributed by atoms with Crippen molar-refractivity contribution in [1.82, 2.24) is 20.2 Å². The van der Waals surface area contributed by atoms with E-state index in [1.807, 2.05) is 4.68 Å². The number of aromatic nitrogens is 4. The highest BCUT2D eigenvalue weighted by Crippen LogP contribution is 2.27. The lowest BCUT2D eigenvalue weighted by atomic mass is 10.0. The predicted molar refractivity (Wildman–Crippen MR) is 44.4 cm³/mol. The van der Waals surface area contributed by atoms with Crippen molar-refractivity contribution in [3.05, 3.63) is 6.33 Å². The van der Waals surface area contributed by atoms with E-state index in [1.54, 1.807) is 6.33 Å². The Morgan fingerprint density at radius 2 is 2.17 bits per heavy atom. The fourth-order valence-corrected chi connectivity index (χ4v) is 1.90. The summed E-state index contributed by atoms with van der Waals surface area (Å²) in [6.07, 6.45) is 8.57. The summed E-state index contributed by atoms with van der Waals surface area (Å²) in [6.45, 7) is 0.984. The molecule has 66 valence electrons. The summed E-state index contributed by atoms with van der Waals surface area (Å²) in [7, 11) is 0. The Balaban J connectivity index is 1.74. The van der Waals surface area contributed by atoms with Gasteiger partial charge in [0.05, 0.1) is 0 Å². The van der Waals surface area contributed by atoms with E-state index in [9.17, 15) is 0 Å². The Hall–Kier alpha value is -0.930. The molecule has 0 radical (unpaired) electrons. The van der Waals surface area contributed by atoms with Gasteiger partial charge in [0, 0.05) is 6.54 Å². The van der Waals surface area contributed by atoms with Crippen LogP contribution in [0.25, 0.3) is 0 Å². The van der Waals surface area contributed by atoms with Crippen LogP contribution in [0.5, 0.6) is 0 Å². The van der Waals surface area contributed by atoms with Gasteiger partial charge >= 0.3 is 0 Å². The standard InChI is InChI=1S/C8H14N4/c1-2-4-8(3-1)5-6-12-7-9-10-11-12/h7-8H,1-6H2. The molecule has 0 amide bonds. The molecule has 0 spiro atoms. The molecule has 1 aliphatic rings. The van der Waals surface area contributed by atoms with Crippen LogP contribution in [0, 0.1) is 5.92 Å². The van der Waals surface area contributed by atoms with Crippen molar-refractivity contribution in [1.29, 1.82) is 0 Å². The first-order valence-electron chi connectivity index (χ1n) is 4.66. The van der Waals surface area contributed by atoms with Gasteiger partial charge in [-0.15, -0.1) is 5.10 Å². The highest BCUT2D eigenvalue weighted by molar-refractivity contribution is 4.67. The van der Waals surface area contributed by atoms with E-state index in [-0.39, 0.29) is 0 Å². The molecule has 0 unspecified atom stereocenters. The van der Waals surface area contributed by atoms with Crippen molar-refractivity contribution < 1.29 is 0 Å². The molecular weight excluding hydrogens is 152 g/mol. The second kappa shape index (κ2) is 3.65. The van der Waals surface area contributed by atoms with Gasteiger partial charge in [0.1, 0.15) is 6.33 Å². The number of tetrazole rings is 1. The quantitative estimate of drug-likeness (QED) is 0.678. The number of hydrogen-bond donors (Lipinski definition) is 0. The van der Waals surface area contributed by atoms with E-state index in [0.717, 1.165) is 12.5 Å². The van der Waals surface area contributed by atoms with Crippen molar-refractivity contribution in [3.8, 4) is 0 Å². The van der Waals surface area contributed by atoms with Crippen molar-refractivity contribution >= 4 is 0 Å². The van der Waals surface area contributed by atoms with Gasteiger partial charge in [0.25, 0.3) is 0 Å². The lowest BCUT2D eigenvalue weighted by Gasteiger charge is -2.06. The van der Waals surface area contributed by atoms with Gasteiger partial charge in [0.15, 0.2) is 0 Å². The minimum absolute atomic E-state index is 0.925. The number of nitrogens with zero attached hydrogens (tertiary/aromatic N) is 4. The third-order valence-electron chi connectivity index (χ3n) is 2.63. The topological polar surface area (TPSA) is 43.6 Å². The third-order valence-corrected chi connectivity index (χ3v) is 2.63. The van der Waals surface area contributed by atoms with E-state index in [0.29, 0.717) is 0 Å². The molecule has 0 bridgehead atoms. The average molecular weight is 166 g/mol. The maximum atomic E-state index is 3.83.